The molecule has 1 aromatic heterocycles. The molecule has 0 aromatic carbocycles. The van der Waals surface area contributed by atoms with Crippen molar-refractivity contribution in [2.75, 3.05) is 19.6 Å². The monoisotopic (exact) mass is 250 g/mol. The summed E-state index contributed by atoms with van der Waals surface area (Å²) < 4.78 is 4.64. The number of nitrogens with zero attached hydrogens (tertiary/aromatic N) is 2. The van der Waals surface area contributed by atoms with Gasteiger partial charge in [-0.3, -0.25) is 4.79 Å². The molecule has 2 aliphatic rings. The third kappa shape index (κ3) is 2.25. The second kappa shape index (κ2) is 4.68. The molecule has 1 spiro atoms. The number of amides is 1. The number of hydrogen-bond donors (Lipinski definition) is 2. The minimum atomic E-state index is 0.195. The fourth-order valence-electron chi connectivity index (χ4n) is 2.92. The van der Waals surface area contributed by atoms with Crippen LogP contribution in [0.15, 0.2) is 10.9 Å². The van der Waals surface area contributed by atoms with Crippen LogP contribution in [0, 0.1) is 11.3 Å². The molecule has 1 amide bonds. The van der Waals surface area contributed by atoms with E-state index in [-0.39, 0.29) is 11.8 Å². The Morgan fingerprint density at radius 3 is 3.11 bits per heavy atom. The van der Waals surface area contributed by atoms with Gasteiger partial charge in [0.2, 0.25) is 12.3 Å². The van der Waals surface area contributed by atoms with Crippen LogP contribution in [-0.2, 0) is 11.2 Å². The van der Waals surface area contributed by atoms with E-state index in [9.17, 15) is 4.79 Å². The topological polar surface area (TPSA) is 80.1 Å². The largest absolute Gasteiger partial charge is 0.355 e. The first-order valence-electron chi connectivity index (χ1n) is 6.54. The summed E-state index contributed by atoms with van der Waals surface area (Å²) in [5.41, 5.74) is 0.307. The Bertz CT molecular complexity index is 412. The quantitative estimate of drug-likeness (QED) is 0.793. The number of carbonyl (C=O) groups is 1. The SMILES string of the molecule is O=C(NCCc1ncon1)C1CC12CCNCC2. The number of piperidine rings is 1. The van der Waals surface area contributed by atoms with Gasteiger partial charge in [0.15, 0.2) is 5.82 Å². The molecule has 1 aromatic rings. The molecule has 1 unspecified atom stereocenters. The lowest BCUT2D eigenvalue weighted by Gasteiger charge is -2.23. The minimum absolute atomic E-state index is 0.195. The predicted octanol–water partition coefficient (Wildman–Crippen LogP) is 0.118. The molecule has 3 rings (SSSR count). The Balaban J connectivity index is 1.43. The fourth-order valence-corrected chi connectivity index (χ4v) is 2.92. The van der Waals surface area contributed by atoms with E-state index in [1.54, 1.807) is 0 Å². The van der Waals surface area contributed by atoms with Crippen molar-refractivity contribution in [3.05, 3.63) is 12.2 Å². The van der Waals surface area contributed by atoms with Crippen molar-refractivity contribution in [3.63, 3.8) is 0 Å². The van der Waals surface area contributed by atoms with E-state index in [1.807, 2.05) is 0 Å². The van der Waals surface area contributed by atoms with Crippen molar-refractivity contribution in [2.45, 2.75) is 25.7 Å². The van der Waals surface area contributed by atoms with Gasteiger partial charge in [0.1, 0.15) is 0 Å². The zero-order valence-electron chi connectivity index (χ0n) is 10.3. The van der Waals surface area contributed by atoms with Crippen LogP contribution < -0.4 is 10.6 Å². The predicted molar refractivity (Wildman–Crippen MR) is 63.7 cm³/mol. The maximum Gasteiger partial charge on any atom is 0.223 e. The Labute approximate surface area is 106 Å². The van der Waals surface area contributed by atoms with Gasteiger partial charge in [-0.05, 0) is 37.8 Å². The molecule has 1 atom stereocenters. The second-order valence-electron chi connectivity index (χ2n) is 5.26. The van der Waals surface area contributed by atoms with Crippen LogP contribution in [-0.4, -0.2) is 35.7 Å². The lowest BCUT2D eigenvalue weighted by Crippen LogP contribution is -2.34. The molecule has 18 heavy (non-hydrogen) atoms. The van der Waals surface area contributed by atoms with Crippen molar-refractivity contribution in [1.29, 1.82) is 0 Å². The van der Waals surface area contributed by atoms with E-state index in [4.69, 9.17) is 0 Å². The number of hydrogen-bond acceptors (Lipinski definition) is 5. The zero-order valence-corrected chi connectivity index (χ0v) is 10.3. The molecule has 0 radical (unpaired) electrons. The first-order valence-corrected chi connectivity index (χ1v) is 6.54. The summed E-state index contributed by atoms with van der Waals surface area (Å²) in [7, 11) is 0. The van der Waals surface area contributed by atoms with E-state index in [0.717, 1.165) is 32.4 Å². The molecule has 2 heterocycles. The summed E-state index contributed by atoms with van der Waals surface area (Å²) in [6.45, 7) is 2.68. The van der Waals surface area contributed by atoms with Crippen molar-refractivity contribution < 1.29 is 9.32 Å². The van der Waals surface area contributed by atoms with Gasteiger partial charge >= 0.3 is 0 Å². The van der Waals surface area contributed by atoms with Gasteiger partial charge in [-0.2, -0.15) is 4.98 Å². The first-order chi connectivity index (χ1) is 8.80. The highest BCUT2D eigenvalue weighted by molar-refractivity contribution is 5.82. The molecular weight excluding hydrogens is 232 g/mol. The fraction of sp³-hybridized carbons (Fsp3) is 0.750. The summed E-state index contributed by atoms with van der Waals surface area (Å²) in [6, 6.07) is 0. The summed E-state index contributed by atoms with van der Waals surface area (Å²) in [4.78, 5) is 15.9. The zero-order chi connectivity index (χ0) is 12.4. The van der Waals surface area contributed by atoms with Gasteiger partial charge in [0.05, 0.1) is 0 Å². The van der Waals surface area contributed by atoms with Crippen molar-refractivity contribution in [2.24, 2.45) is 11.3 Å². The van der Waals surface area contributed by atoms with E-state index in [0.29, 0.717) is 24.2 Å². The number of carbonyl (C=O) groups excluding carboxylic acids is 1. The van der Waals surface area contributed by atoms with E-state index < -0.39 is 0 Å². The Hall–Kier alpha value is -1.43. The van der Waals surface area contributed by atoms with Gasteiger partial charge < -0.3 is 15.2 Å². The molecule has 1 aliphatic heterocycles. The average molecular weight is 250 g/mol. The van der Waals surface area contributed by atoms with Crippen LogP contribution in [0.4, 0.5) is 0 Å². The maximum absolute atomic E-state index is 12.0. The van der Waals surface area contributed by atoms with Crippen LogP contribution in [0.3, 0.4) is 0 Å². The molecule has 6 heteroatoms. The van der Waals surface area contributed by atoms with Crippen molar-refractivity contribution in [3.8, 4) is 0 Å². The molecule has 1 aliphatic carbocycles. The van der Waals surface area contributed by atoms with E-state index >= 15 is 0 Å². The van der Waals surface area contributed by atoms with Crippen molar-refractivity contribution >= 4 is 5.91 Å². The Morgan fingerprint density at radius 1 is 1.56 bits per heavy atom. The summed E-state index contributed by atoms with van der Waals surface area (Å²) in [5, 5.41) is 10.0. The van der Waals surface area contributed by atoms with Gasteiger partial charge in [-0.1, -0.05) is 5.16 Å². The molecule has 6 nitrogen and oxygen atoms in total. The first kappa shape index (κ1) is 11.6. The maximum atomic E-state index is 12.0. The normalized spacial score (nSPS) is 25.0. The number of rotatable bonds is 4. The molecule has 98 valence electrons. The van der Waals surface area contributed by atoms with Crippen molar-refractivity contribution in [1.82, 2.24) is 20.8 Å². The molecule has 0 bridgehead atoms. The van der Waals surface area contributed by atoms with Gasteiger partial charge in [0, 0.05) is 18.9 Å². The molecule has 2 fully saturated rings. The third-order valence-electron chi connectivity index (χ3n) is 4.16. The smallest absolute Gasteiger partial charge is 0.223 e. The van der Waals surface area contributed by atoms with Gasteiger partial charge in [0.25, 0.3) is 0 Å². The summed E-state index contributed by atoms with van der Waals surface area (Å²) >= 11 is 0. The number of aromatic nitrogens is 2. The van der Waals surface area contributed by atoms with Gasteiger partial charge in [-0.25, -0.2) is 0 Å². The molecule has 1 saturated heterocycles. The van der Waals surface area contributed by atoms with Crippen LogP contribution in [0.2, 0.25) is 0 Å². The minimum Gasteiger partial charge on any atom is -0.355 e. The van der Waals surface area contributed by atoms with Gasteiger partial charge in [-0.15, -0.1) is 0 Å². The number of nitrogens with one attached hydrogen (secondary N) is 2. The highest BCUT2D eigenvalue weighted by Gasteiger charge is 2.57. The molecule has 1 saturated carbocycles. The molecule has 2 N–H and O–H groups in total. The summed E-state index contributed by atoms with van der Waals surface area (Å²) in [5.74, 6) is 1.06. The lowest BCUT2D eigenvalue weighted by atomic mass is 9.92. The Morgan fingerprint density at radius 2 is 2.39 bits per heavy atom. The average Bonchev–Trinajstić information content (AvgIpc) is 2.85. The van der Waals surface area contributed by atoms with Crippen LogP contribution in [0.25, 0.3) is 0 Å². The Kier molecular flexibility index (Phi) is 3.03. The standard InChI is InChI=1S/C12H18N4O2/c17-11(14-4-1-10-15-8-18-16-10)9-7-12(9)2-5-13-6-3-12/h8-9,13H,1-7H2,(H,14,17). The molecular formula is C12H18N4O2. The highest BCUT2D eigenvalue weighted by Crippen LogP contribution is 2.58. The summed E-state index contributed by atoms with van der Waals surface area (Å²) in [6.07, 6.45) is 5.26. The van der Waals surface area contributed by atoms with E-state index in [2.05, 4.69) is 25.3 Å². The highest BCUT2D eigenvalue weighted by atomic mass is 16.5. The van der Waals surface area contributed by atoms with Crippen LogP contribution >= 0.6 is 0 Å². The third-order valence-corrected chi connectivity index (χ3v) is 4.16. The van der Waals surface area contributed by atoms with Crippen LogP contribution in [0.1, 0.15) is 25.1 Å². The van der Waals surface area contributed by atoms with E-state index in [1.165, 1.54) is 6.39 Å². The van der Waals surface area contributed by atoms with Crippen LogP contribution in [0.5, 0.6) is 0 Å². The lowest BCUT2D eigenvalue weighted by molar-refractivity contribution is -0.123. The second-order valence-corrected chi connectivity index (χ2v) is 5.26.